The molecule has 0 bridgehead atoms. The molecule has 0 radical (unpaired) electrons. The fraction of sp³-hybridized carbons (Fsp3) is 0.278. The Hall–Kier alpha value is -2.47. The highest BCUT2D eigenvalue weighted by Gasteiger charge is 2.02. The minimum absolute atomic E-state index is 0.600. The van der Waals surface area contributed by atoms with Crippen LogP contribution in [0.25, 0.3) is 0 Å². The molecule has 2 aromatic carbocycles. The maximum Gasteiger partial charge on any atom is 0.170 e. The van der Waals surface area contributed by atoms with Crippen LogP contribution in [-0.2, 0) is 0 Å². The summed E-state index contributed by atoms with van der Waals surface area (Å²) in [6.07, 6.45) is 0. The van der Waals surface area contributed by atoms with Gasteiger partial charge in [0, 0.05) is 31.5 Å². The van der Waals surface area contributed by atoms with Gasteiger partial charge in [0.25, 0.3) is 0 Å². The predicted molar refractivity (Wildman–Crippen MR) is 103 cm³/mol. The maximum absolute atomic E-state index is 5.31. The fourth-order valence-corrected chi connectivity index (χ4v) is 2.37. The molecule has 0 amide bonds. The van der Waals surface area contributed by atoms with Gasteiger partial charge in [-0.2, -0.15) is 0 Å². The van der Waals surface area contributed by atoms with Crippen LogP contribution in [0.1, 0.15) is 0 Å². The zero-order valence-corrected chi connectivity index (χ0v) is 15.0. The van der Waals surface area contributed by atoms with Crippen molar-refractivity contribution in [3.8, 4) is 11.5 Å². The minimum Gasteiger partial charge on any atom is -0.497 e. The van der Waals surface area contributed by atoms with E-state index in [4.69, 9.17) is 21.7 Å². The molecule has 0 spiro atoms. The first-order chi connectivity index (χ1) is 11.6. The van der Waals surface area contributed by atoms with Gasteiger partial charge in [-0.05, 0) is 60.7 Å². The first-order valence-electron chi connectivity index (χ1n) is 7.66. The Labute approximate surface area is 148 Å². The van der Waals surface area contributed by atoms with Gasteiger partial charge in [-0.3, -0.25) is 0 Å². The van der Waals surface area contributed by atoms with Gasteiger partial charge >= 0.3 is 0 Å². The molecule has 0 saturated heterocycles. The molecule has 0 aliphatic heterocycles. The number of likely N-dealkylation sites (N-methyl/N-ethyl adjacent to an activating group) is 1. The summed E-state index contributed by atoms with van der Waals surface area (Å²) in [5, 5.41) is 6.96. The lowest BCUT2D eigenvalue weighted by molar-refractivity contribution is 0.414. The lowest BCUT2D eigenvalue weighted by Crippen LogP contribution is -2.35. The molecular weight excluding hydrogens is 322 g/mol. The normalized spacial score (nSPS) is 9.96. The van der Waals surface area contributed by atoms with Gasteiger partial charge in [0.15, 0.2) is 5.11 Å². The van der Waals surface area contributed by atoms with Crippen molar-refractivity contribution < 1.29 is 9.47 Å². The van der Waals surface area contributed by atoms with Crippen molar-refractivity contribution in [2.75, 3.05) is 44.6 Å². The Morgan fingerprint density at radius 3 is 2.04 bits per heavy atom. The van der Waals surface area contributed by atoms with Gasteiger partial charge in [-0.25, -0.2) is 0 Å². The monoisotopic (exact) mass is 345 g/mol. The van der Waals surface area contributed by atoms with Crippen LogP contribution >= 0.6 is 12.2 Å². The Morgan fingerprint density at radius 1 is 0.958 bits per heavy atom. The fourth-order valence-electron chi connectivity index (χ4n) is 2.15. The minimum atomic E-state index is 0.600. The molecule has 2 aromatic rings. The number of benzene rings is 2. The van der Waals surface area contributed by atoms with E-state index in [0.29, 0.717) is 5.11 Å². The second-order valence-corrected chi connectivity index (χ2v) is 5.64. The molecule has 24 heavy (non-hydrogen) atoms. The number of methoxy groups -OCH3 is 2. The third-order valence-electron chi connectivity index (χ3n) is 3.59. The van der Waals surface area contributed by atoms with Crippen LogP contribution in [-0.4, -0.2) is 39.5 Å². The molecule has 6 heteroatoms. The molecule has 0 aliphatic rings. The average Bonchev–Trinajstić information content (AvgIpc) is 2.62. The van der Waals surface area contributed by atoms with E-state index in [0.717, 1.165) is 36.0 Å². The summed E-state index contributed by atoms with van der Waals surface area (Å²) in [4.78, 5) is 2.16. The van der Waals surface area contributed by atoms with E-state index in [1.165, 1.54) is 0 Å². The molecule has 0 aromatic heterocycles. The van der Waals surface area contributed by atoms with Gasteiger partial charge in [0.2, 0.25) is 0 Å². The number of thiocarbonyl (C=S) groups is 1. The van der Waals surface area contributed by atoms with Crippen LogP contribution in [0.5, 0.6) is 11.5 Å². The molecule has 2 rings (SSSR count). The molecular formula is C18H23N3O2S. The first-order valence-corrected chi connectivity index (χ1v) is 8.07. The summed E-state index contributed by atoms with van der Waals surface area (Å²) < 4.78 is 10.3. The highest BCUT2D eigenvalue weighted by atomic mass is 32.1. The first kappa shape index (κ1) is 17.9. The molecule has 0 atom stereocenters. The Kier molecular flexibility index (Phi) is 6.69. The van der Waals surface area contributed by atoms with Crippen molar-refractivity contribution in [3.05, 3.63) is 48.5 Å². The van der Waals surface area contributed by atoms with Gasteiger partial charge in [-0.1, -0.05) is 0 Å². The molecule has 5 nitrogen and oxygen atoms in total. The number of rotatable bonds is 7. The topological polar surface area (TPSA) is 45.8 Å². The van der Waals surface area contributed by atoms with E-state index >= 15 is 0 Å². The van der Waals surface area contributed by atoms with E-state index in [1.807, 2.05) is 55.6 Å². The van der Waals surface area contributed by atoms with Crippen LogP contribution in [0.3, 0.4) is 0 Å². The second kappa shape index (κ2) is 8.98. The van der Waals surface area contributed by atoms with E-state index in [2.05, 4.69) is 15.5 Å². The lowest BCUT2D eigenvalue weighted by Gasteiger charge is -2.20. The van der Waals surface area contributed by atoms with Crippen LogP contribution in [0, 0.1) is 0 Å². The van der Waals surface area contributed by atoms with Gasteiger partial charge in [0.1, 0.15) is 11.5 Å². The Morgan fingerprint density at radius 2 is 1.50 bits per heavy atom. The molecule has 0 fully saturated rings. The maximum atomic E-state index is 5.31. The smallest absolute Gasteiger partial charge is 0.170 e. The third-order valence-corrected chi connectivity index (χ3v) is 3.84. The summed E-state index contributed by atoms with van der Waals surface area (Å²) in [5.41, 5.74) is 2.06. The third kappa shape index (κ3) is 5.31. The number of nitrogens with zero attached hydrogens (tertiary/aromatic N) is 1. The van der Waals surface area contributed by atoms with Gasteiger partial charge < -0.3 is 25.0 Å². The van der Waals surface area contributed by atoms with Crippen molar-refractivity contribution in [1.82, 2.24) is 5.32 Å². The number of nitrogens with one attached hydrogen (secondary N) is 2. The second-order valence-electron chi connectivity index (χ2n) is 5.23. The van der Waals surface area contributed by atoms with Crippen LogP contribution < -0.4 is 25.0 Å². The number of anilines is 2. The van der Waals surface area contributed by atoms with Crippen molar-refractivity contribution >= 4 is 28.7 Å². The van der Waals surface area contributed by atoms with Crippen molar-refractivity contribution in [1.29, 1.82) is 0 Å². The van der Waals surface area contributed by atoms with Gasteiger partial charge in [-0.15, -0.1) is 0 Å². The SMILES string of the molecule is COc1ccc(NC(=S)NCCN(C)c2ccc(OC)cc2)cc1. The quantitative estimate of drug-likeness (QED) is 0.752. The van der Waals surface area contributed by atoms with E-state index in [9.17, 15) is 0 Å². The standard InChI is InChI=1S/C18H23N3O2S/c1-21(15-6-10-17(23-3)11-7-15)13-12-19-18(24)20-14-4-8-16(22-2)9-5-14/h4-11H,12-13H2,1-3H3,(H2,19,20,24). The number of ether oxygens (including phenoxy) is 2. The van der Waals surface area contributed by atoms with Crippen LogP contribution in [0.4, 0.5) is 11.4 Å². The average molecular weight is 345 g/mol. The molecule has 2 N–H and O–H groups in total. The van der Waals surface area contributed by atoms with Crippen LogP contribution in [0.15, 0.2) is 48.5 Å². The van der Waals surface area contributed by atoms with E-state index < -0.39 is 0 Å². The lowest BCUT2D eigenvalue weighted by atomic mass is 10.3. The summed E-state index contributed by atoms with van der Waals surface area (Å²) >= 11 is 5.31. The summed E-state index contributed by atoms with van der Waals surface area (Å²) in [5.74, 6) is 1.68. The molecule has 0 saturated carbocycles. The number of hydrogen-bond acceptors (Lipinski definition) is 4. The molecule has 128 valence electrons. The Balaban J connectivity index is 1.74. The van der Waals surface area contributed by atoms with E-state index in [1.54, 1.807) is 14.2 Å². The number of hydrogen-bond donors (Lipinski definition) is 2. The predicted octanol–water partition coefficient (Wildman–Crippen LogP) is 3.13. The summed E-state index contributed by atoms with van der Waals surface area (Å²) in [6, 6.07) is 15.6. The van der Waals surface area contributed by atoms with E-state index in [-0.39, 0.29) is 0 Å². The zero-order chi connectivity index (χ0) is 17.4. The largest absolute Gasteiger partial charge is 0.497 e. The zero-order valence-electron chi connectivity index (χ0n) is 14.2. The van der Waals surface area contributed by atoms with Crippen molar-refractivity contribution in [2.45, 2.75) is 0 Å². The highest BCUT2D eigenvalue weighted by molar-refractivity contribution is 7.80. The van der Waals surface area contributed by atoms with Gasteiger partial charge in [0.05, 0.1) is 14.2 Å². The van der Waals surface area contributed by atoms with Crippen molar-refractivity contribution in [2.24, 2.45) is 0 Å². The Bertz CT molecular complexity index is 644. The molecule has 0 heterocycles. The molecule has 0 aliphatic carbocycles. The van der Waals surface area contributed by atoms with Crippen LogP contribution in [0.2, 0.25) is 0 Å². The highest BCUT2D eigenvalue weighted by Crippen LogP contribution is 2.17. The summed E-state index contributed by atoms with van der Waals surface area (Å²) in [6.45, 7) is 1.57. The summed E-state index contributed by atoms with van der Waals surface area (Å²) in [7, 11) is 5.36. The molecule has 0 unspecified atom stereocenters. The van der Waals surface area contributed by atoms with Crippen molar-refractivity contribution in [3.63, 3.8) is 0 Å².